The van der Waals surface area contributed by atoms with Gasteiger partial charge in [0, 0.05) is 31.9 Å². The summed E-state index contributed by atoms with van der Waals surface area (Å²) < 4.78 is 5.29. The number of aryl methyl sites for hydroxylation is 1. The monoisotopic (exact) mass is 256 g/mol. The highest BCUT2D eigenvalue weighted by Crippen LogP contribution is 2.26. The second-order valence-corrected chi connectivity index (χ2v) is 4.48. The lowest BCUT2D eigenvalue weighted by molar-refractivity contribution is 0.104. The summed E-state index contributed by atoms with van der Waals surface area (Å²) >= 11 is 0. The zero-order valence-corrected chi connectivity index (χ0v) is 11.3. The molecule has 0 bridgehead atoms. The van der Waals surface area contributed by atoms with Crippen molar-refractivity contribution < 1.29 is 9.32 Å². The standard InChI is InChI=1S/C15H16N2O2/c1-11-14(13(18)9-10-17(2)3)15(19-16-11)12-7-5-4-6-8-12/h4-10H,1-3H3. The molecule has 0 unspecified atom stereocenters. The molecule has 0 aliphatic carbocycles. The third kappa shape index (κ3) is 2.91. The molecule has 0 saturated carbocycles. The number of benzene rings is 1. The average Bonchev–Trinajstić information content (AvgIpc) is 2.79. The van der Waals surface area contributed by atoms with Gasteiger partial charge in [-0.2, -0.15) is 0 Å². The molecule has 0 aliphatic rings. The molecule has 0 amide bonds. The molecule has 19 heavy (non-hydrogen) atoms. The Morgan fingerprint density at radius 2 is 1.95 bits per heavy atom. The Hall–Kier alpha value is -2.36. The Morgan fingerprint density at radius 1 is 1.26 bits per heavy atom. The molecule has 4 heteroatoms. The summed E-state index contributed by atoms with van der Waals surface area (Å²) in [7, 11) is 3.73. The molecule has 0 saturated heterocycles. The number of allylic oxidation sites excluding steroid dienone is 1. The maximum Gasteiger partial charge on any atom is 0.193 e. The minimum Gasteiger partial charge on any atom is -0.383 e. The number of hydrogen-bond donors (Lipinski definition) is 0. The van der Waals surface area contributed by atoms with Crippen molar-refractivity contribution >= 4 is 5.78 Å². The van der Waals surface area contributed by atoms with Crippen LogP contribution in [-0.2, 0) is 0 Å². The zero-order valence-electron chi connectivity index (χ0n) is 11.3. The molecule has 0 aliphatic heterocycles. The summed E-state index contributed by atoms with van der Waals surface area (Å²) in [5.74, 6) is 0.415. The van der Waals surface area contributed by atoms with Gasteiger partial charge >= 0.3 is 0 Å². The van der Waals surface area contributed by atoms with Gasteiger partial charge < -0.3 is 9.42 Å². The van der Waals surface area contributed by atoms with E-state index in [2.05, 4.69) is 5.16 Å². The van der Waals surface area contributed by atoms with Crippen molar-refractivity contribution in [3.63, 3.8) is 0 Å². The summed E-state index contributed by atoms with van der Waals surface area (Å²) in [5.41, 5.74) is 1.97. The van der Waals surface area contributed by atoms with Gasteiger partial charge in [-0.25, -0.2) is 0 Å². The zero-order chi connectivity index (χ0) is 13.8. The smallest absolute Gasteiger partial charge is 0.193 e. The van der Waals surface area contributed by atoms with E-state index in [1.807, 2.05) is 49.3 Å². The van der Waals surface area contributed by atoms with E-state index >= 15 is 0 Å². The minimum absolute atomic E-state index is 0.105. The van der Waals surface area contributed by atoms with Crippen molar-refractivity contribution in [2.45, 2.75) is 6.92 Å². The number of ketones is 1. The maximum atomic E-state index is 12.2. The predicted molar refractivity (Wildman–Crippen MR) is 73.8 cm³/mol. The fraction of sp³-hybridized carbons (Fsp3) is 0.200. The van der Waals surface area contributed by atoms with Gasteiger partial charge in [-0.1, -0.05) is 35.5 Å². The largest absolute Gasteiger partial charge is 0.383 e. The molecule has 4 nitrogen and oxygen atoms in total. The lowest BCUT2D eigenvalue weighted by Gasteiger charge is -2.03. The first kappa shape index (κ1) is 13.1. The fourth-order valence-electron chi connectivity index (χ4n) is 1.75. The van der Waals surface area contributed by atoms with E-state index in [9.17, 15) is 4.79 Å². The topological polar surface area (TPSA) is 46.3 Å². The van der Waals surface area contributed by atoms with Crippen LogP contribution in [0.2, 0.25) is 0 Å². The van der Waals surface area contributed by atoms with Gasteiger partial charge in [0.2, 0.25) is 0 Å². The van der Waals surface area contributed by atoms with E-state index in [0.717, 1.165) is 5.56 Å². The molecule has 0 radical (unpaired) electrons. The molecule has 1 aromatic heterocycles. The molecule has 2 aromatic rings. The van der Waals surface area contributed by atoms with Gasteiger partial charge in [0.05, 0.1) is 11.3 Å². The van der Waals surface area contributed by atoms with Crippen LogP contribution in [0.3, 0.4) is 0 Å². The summed E-state index contributed by atoms with van der Waals surface area (Å²) in [6.45, 7) is 1.77. The quantitative estimate of drug-likeness (QED) is 0.623. The second-order valence-electron chi connectivity index (χ2n) is 4.48. The lowest BCUT2D eigenvalue weighted by Crippen LogP contribution is -2.04. The predicted octanol–water partition coefficient (Wildman–Crippen LogP) is 2.91. The van der Waals surface area contributed by atoms with Gasteiger partial charge in [0.15, 0.2) is 11.5 Å². The van der Waals surface area contributed by atoms with Gasteiger partial charge in [0.1, 0.15) is 0 Å². The van der Waals surface area contributed by atoms with Crippen molar-refractivity contribution in [3.8, 4) is 11.3 Å². The Labute approximate surface area is 112 Å². The molecular weight excluding hydrogens is 240 g/mol. The van der Waals surface area contributed by atoms with Crippen molar-refractivity contribution in [1.82, 2.24) is 10.1 Å². The Kier molecular flexibility index (Phi) is 3.80. The maximum absolute atomic E-state index is 12.2. The van der Waals surface area contributed by atoms with E-state index < -0.39 is 0 Å². The van der Waals surface area contributed by atoms with E-state index in [4.69, 9.17) is 4.52 Å². The number of aromatic nitrogens is 1. The van der Waals surface area contributed by atoms with Crippen LogP contribution in [0.5, 0.6) is 0 Å². The highest BCUT2D eigenvalue weighted by atomic mass is 16.5. The number of rotatable bonds is 4. The van der Waals surface area contributed by atoms with Crippen LogP contribution in [0.1, 0.15) is 16.1 Å². The van der Waals surface area contributed by atoms with Crippen LogP contribution in [0.4, 0.5) is 0 Å². The summed E-state index contributed by atoms with van der Waals surface area (Å²) in [6.07, 6.45) is 3.23. The van der Waals surface area contributed by atoms with Crippen LogP contribution < -0.4 is 0 Å². The van der Waals surface area contributed by atoms with E-state index in [1.54, 1.807) is 13.1 Å². The minimum atomic E-state index is -0.105. The number of carbonyl (C=O) groups excluding carboxylic acids is 1. The molecule has 0 fully saturated rings. The Morgan fingerprint density at radius 3 is 2.58 bits per heavy atom. The third-order valence-corrected chi connectivity index (χ3v) is 2.67. The average molecular weight is 256 g/mol. The van der Waals surface area contributed by atoms with Gasteiger partial charge in [-0.15, -0.1) is 0 Å². The van der Waals surface area contributed by atoms with E-state index in [1.165, 1.54) is 6.08 Å². The van der Waals surface area contributed by atoms with Gasteiger partial charge in [-0.3, -0.25) is 4.79 Å². The lowest BCUT2D eigenvalue weighted by atomic mass is 10.0. The first-order valence-electron chi connectivity index (χ1n) is 6.00. The fourth-order valence-corrected chi connectivity index (χ4v) is 1.75. The molecule has 1 heterocycles. The second kappa shape index (κ2) is 5.52. The molecule has 0 spiro atoms. The summed E-state index contributed by atoms with van der Waals surface area (Å²) in [4.78, 5) is 14.0. The van der Waals surface area contributed by atoms with Crippen LogP contribution in [0.15, 0.2) is 47.1 Å². The van der Waals surface area contributed by atoms with Gasteiger partial charge in [0.25, 0.3) is 0 Å². The normalized spacial score (nSPS) is 10.9. The molecular formula is C15H16N2O2. The number of nitrogens with zero attached hydrogens (tertiary/aromatic N) is 2. The van der Waals surface area contributed by atoms with Crippen LogP contribution in [0, 0.1) is 6.92 Å². The van der Waals surface area contributed by atoms with Crippen molar-refractivity contribution in [2.75, 3.05) is 14.1 Å². The number of carbonyl (C=O) groups is 1. The Bertz CT molecular complexity index is 598. The molecule has 0 N–H and O–H groups in total. The van der Waals surface area contributed by atoms with Crippen molar-refractivity contribution in [3.05, 3.63) is 53.9 Å². The first-order valence-corrected chi connectivity index (χ1v) is 6.00. The molecule has 0 atom stereocenters. The van der Waals surface area contributed by atoms with Crippen LogP contribution in [-0.4, -0.2) is 29.9 Å². The Balaban J connectivity index is 2.41. The third-order valence-electron chi connectivity index (χ3n) is 2.67. The van der Waals surface area contributed by atoms with Crippen molar-refractivity contribution in [2.24, 2.45) is 0 Å². The van der Waals surface area contributed by atoms with Crippen LogP contribution >= 0.6 is 0 Å². The number of hydrogen-bond acceptors (Lipinski definition) is 4. The van der Waals surface area contributed by atoms with E-state index in [0.29, 0.717) is 17.0 Å². The molecule has 2 rings (SSSR count). The van der Waals surface area contributed by atoms with E-state index in [-0.39, 0.29) is 5.78 Å². The van der Waals surface area contributed by atoms with Crippen molar-refractivity contribution in [1.29, 1.82) is 0 Å². The highest BCUT2D eigenvalue weighted by molar-refractivity contribution is 6.08. The highest BCUT2D eigenvalue weighted by Gasteiger charge is 2.19. The SMILES string of the molecule is Cc1noc(-c2ccccc2)c1C(=O)C=CN(C)C. The van der Waals surface area contributed by atoms with Crippen LogP contribution in [0.25, 0.3) is 11.3 Å². The first-order chi connectivity index (χ1) is 9.09. The molecule has 98 valence electrons. The molecule has 1 aromatic carbocycles. The summed E-state index contributed by atoms with van der Waals surface area (Å²) in [5, 5.41) is 3.90. The summed E-state index contributed by atoms with van der Waals surface area (Å²) in [6, 6.07) is 9.51. The van der Waals surface area contributed by atoms with Gasteiger partial charge in [-0.05, 0) is 6.92 Å².